The second-order valence-electron chi connectivity index (χ2n) is 9.30. The van der Waals surface area contributed by atoms with Crippen LogP contribution in [-0.4, -0.2) is 10.7 Å². The number of allylic oxidation sites excluding steroid dienone is 3. The highest BCUT2D eigenvalue weighted by Crippen LogP contribution is 2.41. The van der Waals surface area contributed by atoms with E-state index in [-0.39, 0.29) is 10.8 Å². The maximum Gasteiger partial charge on any atom is 0.0715 e. The maximum absolute atomic E-state index is 4.94. The maximum atomic E-state index is 4.94. The monoisotopic (exact) mass is 326 g/mol. The summed E-state index contributed by atoms with van der Waals surface area (Å²) < 4.78 is 0. The molecule has 1 aromatic rings. The van der Waals surface area contributed by atoms with Gasteiger partial charge in [-0.2, -0.15) is 0 Å². The topological polar surface area (TPSA) is 28.1 Å². The Bertz CT molecular complexity index is 766. The van der Waals surface area contributed by atoms with E-state index < -0.39 is 0 Å². The second kappa shape index (κ2) is 5.75. The number of hydrogen-bond acceptors (Lipinski definition) is 1. The van der Waals surface area contributed by atoms with E-state index in [1.54, 1.807) is 0 Å². The summed E-state index contributed by atoms with van der Waals surface area (Å²) in [6.07, 6.45) is 0. The van der Waals surface area contributed by atoms with E-state index in [0.29, 0.717) is 0 Å². The minimum Gasteiger partial charge on any atom is -0.358 e. The van der Waals surface area contributed by atoms with E-state index >= 15 is 0 Å². The molecule has 2 nitrogen and oxygen atoms in total. The summed E-state index contributed by atoms with van der Waals surface area (Å²) in [5.41, 5.74) is 11.8. The van der Waals surface area contributed by atoms with Crippen molar-refractivity contribution in [3.05, 3.63) is 39.4 Å². The molecule has 1 N–H and O–H groups in total. The highest BCUT2D eigenvalue weighted by molar-refractivity contribution is 6.05. The lowest BCUT2D eigenvalue weighted by Crippen LogP contribution is -2.15. The van der Waals surface area contributed by atoms with Crippen LogP contribution in [0.25, 0.3) is 5.57 Å². The number of aromatic amines is 1. The molecule has 2 rings (SSSR count). The molecule has 0 saturated heterocycles. The first-order chi connectivity index (χ1) is 10.8. The Hall–Kier alpha value is -1.57. The van der Waals surface area contributed by atoms with E-state index in [0.717, 1.165) is 11.4 Å². The third kappa shape index (κ3) is 3.03. The fourth-order valence-electron chi connectivity index (χ4n) is 4.54. The predicted molar refractivity (Wildman–Crippen MR) is 107 cm³/mol. The zero-order valence-corrected chi connectivity index (χ0v) is 17.4. The van der Waals surface area contributed by atoms with Crippen LogP contribution in [0.15, 0.2) is 21.8 Å². The Kier molecular flexibility index (Phi) is 4.50. The molecule has 0 fully saturated rings. The lowest BCUT2D eigenvalue weighted by molar-refractivity contribution is 0.522. The standard InChI is InChI=1S/C22H34N2/c1-12-17(21(6,7)8)15(4)23-19(12)14(3)20-13(2)18(16(5)24-20)22(9,10)11/h23H,1-11H3. The molecule has 1 aliphatic heterocycles. The van der Waals surface area contributed by atoms with Crippen LogP contribution in [0.2, 0.25) is 0 Å². The Morgan fingerprint density at radius 1 is 0.875 bits per heavy atom. The second-order valence-corrected chi connectivity index (χ2v) is 9.30. The molecule has 1 aromatic heterocycles. The van der Waals surface area contributed by atoms with Gasteiger partial charge in [0, 0.05) is 17.1 Å². The van der Waals surface area contributed by atoms with Crippen LogP contribution in [0, 0.1) is 19.3 Å². The van der Waals surface area contributed by atoms with Gasteiger partial charge in [-0.1, -0.05) is 41.5 Å². The van der Waals surface area contributed by atoms with Crippen molar-refractivity contribution in [1.29, 1.82) is 0 Å². The third-order valence-corrected chi connectivity index (χ3v) is 5.04. The zero-order chi connectivity index (χ0) is 18.6. The number of nitrogens with zero attached hydrogens (tertiary/aromatic N) is 1. The highest BCUT2D eigenvalue weighted by atomic mass is 14.8. The number of rotatable bonds is 1. The SMILES string of the molecule is CC1=NC(=C(C)c2[nH]c(C)c(C(C)(C)C)c2C)C(C)=C1C(C)(C)C. The van der Waals surface area contributed by atoms with Gasteiger partial charge in [0.2, 0.25) is 0 Å². The lowest BCUT2D eigenvalue weighted by atomic mass is 9.81. The van der Waals surface area contributed by atoms with E-state index in [2.05, 4.69) is 81.1 Å². The van der Waals surface area contributed by atoms with Gasteiger partial charge in [0.1, 0.15) is 0 Å². The first kappa shape index (κ1) is 18.8. The quantitative estimate of drug-likeness (QED) is 0.610. The normalized spacial score (nSPS) is 18.4. The van der Waals surface area contributed by atoms with Gasteiger partial charge in [0.25, 0.3) is 0 Å². The summed E-state index contributed by atoms with van der Waals surface area (Å²) in [5.74, 6) is 0. The Morgan fingerprint density at radius 2 is 1.42 bits per heavy atom. The van der Waals surface area contributed by atoms with E-state index in [1.165, 1.54) is 39.2 Å². The summed E-state index contributed by atoms with van der Waals surface area (Å²) in [7, 11) is 0. The van der Waals surface area contributed by atoms with Gasteiger partial charge in [-0.05, 0) is 73.3 Å². The Balaban J connectivity index is 2.68. The Labute approximate surface area is 148 Å². The Morgan fingerprint density at radius 3 is 1.79 bits per heavy atom. The van der Waals surface area contributed by atoms with Crippen molar-refractivity contribution in [2.75, 3.05) is 0 Å². The van der Waals surface area contributed by atoms with E-state index in [1.807, 2.05) is 0 Å². The fourth-order valence-corrected chi connectivity index (χ4v) is 4.54. The molecule has 1 aliphatic rings. The number of hydrogen-bond donors (Lipinski definition) is 1. The molecule has 0 radical (unpaired) electrons. The predicted octanol–water partition coefficient (Wildman–Crippen LogP) is 6.50. The van der Waals surface area contributed by atoms with E-state index in [4.69, 9.17) is 4.99 Å². The molecule has 2 heterocycles. The molecule has 0 bridgehead atoms. The van der Waals surface area contributed by atoms with Gasteiger partial charge < -0.3 is 4.98 Å². The van der Waals surface area contributed by atoms with Gasteiger partial charge in [0.15, 0.2) is 0 Å². The molecule has 0 aliphatic carbocycles. The lowest BCUT2D eigenvalue weighted by Gasteiger charge is -2.22. The fraction of sp³-hybridized carbons (Fsp3) is 0.591. The van der Waals surface area contributed by atoms with Crippen molar-refractivity contribution < 1.29 is 0 Å². The summed E-state index contributed by atoms with van der Waals surface area (Å²) in [5, 5.41) is 0. The first-order valence-electron chi connectivity index (χ1n) is 8.95. The molecule has 24 heavy (non-hydrogen) atoms. The number of aryl methyl sites for hydroxylation is 1. The molecule has 0 saturated carbocycles. The molecule has 0 aromatic carbocycles. The van der Waals surface area contributed by atoms with Crippen LogP contribution in [0.3, 0.4) is 0 Å². The largest absolute Gasteiger partial charge is 0.358 e. The van der Waals surface area contributed by atoms with Crippen molar-refractivity contribution in [3.63, 3.8) is 0 Å². The van der Waals surface area contributed by atoms with Crippen molar-refractivity contribution in [1.82, 2.24) is 4.98 Å². The highest BCUT2D eigenvalue weighted by Gasteiger charge is 2.30. The molecular formula is C22H34N2. The third-order valence-electron chi connectivity index (χ3n) is 5.04. The van der Waals surface area contributed by atoms with Gasteiger partial charge >= 0.3 is 0 Å². The van der Waals surface area contributed by atoms with Crippen LogP contribution in [0.5, 0.6) is 0 Å². The molecular weight excluding hydrogens is 292 g/mol. The van der Waals surface area contributed by atoms with Gasteiger partial charge in [-0.25, -0.2) is 0 Å². The summed E-state index contributed by atoms with van der Waals surface area (Å²) in [6, 6.07) is 0. The molecule has 0 spiro atoms. The average Bonchev–Trinajstić information content (AvgIpc) is 2.84. The molecule has 0 amide bonds. The van der Waals surface area contributed by atoms with Crippen molar-refractivity contribution in [2.24, 2.45) is 10.4 Å². The van der Waals surface area contributed by atoms with Gasteiger partial charge in [0.05, 0.1) is 5.70 Å². The molecule has 132 valence electrons. The minimum absolute atomic E-state index is 0.122. The molecule has 2 heteroatoms. The van der Waals surface area contributed by atoms with Crippen LogP contribution in [0.1, 0.15) is 84.8 Å². The zero-order valence-electron chi connectivity index (χ0n) is 17.4. The van der Waals surface area contributed by atoms with Gasteiger partial charge in [-0.15, -0.1) is 0 Å². The number of H-pyrrole nitrogens is 1. The first-order valence-corrected chi connectivity index (χ1v) is 8.95. The molecule has 0 atom stereocenters. The van der Waals surface area contributed by atoms with Crippen molar-refractivity contribution in [3.8, 4) is 0 Å². The number of aromatic nitrogens is 1. The van der Waals surface area contributed by atoms with Crippen LogP contribution >= 0.6 is 0 Å². The van der Waals surface area contributed by atoms with Crippen LogP contribution in [0.4, 0.5) is 0 Å². The van der Waals surface area contributed by atoms with E-state index in [9.17, 15) is 0 Å². The summed E-state index contributed by atoms with van der Waals surface area (Å²) >= 11 is 0. The van der Waals surface area contributed by atoms with Crippen molar-refractivity contribution in [2.45, 2.75) is 81.6 Å². The van der Waals surface area contributed by atoms with Crippen LogP contribution in [-0.2, 0) is 5.41 Å². The number of aliphatic imine (C=N–C) groups is 1. The molecule has 0 unspecified atom stereocenters. The minimum atomic E-state index is 0.122. The average molecular weight is 327 g/mol. The number of nitrogens with one attached hydrogen (secondary N) is 1. The van der Waals surface area contributed by atoms with Crippen LogP contribution < -0.4 is 0 Å². The summed E-state index contributed by atoms with van der Waals surface area (Å²) in [4.78, 5) is 8.57. The smallest absolute Gasteiger partial charge is 0.0715 e. The summed E-state index contributed by atoms with van der Waals surface area (Å²) in [6.45, 7) is 24.6. The van der Waals surface area contributed by atoms with Crippen molar-refractivity contribution >= 4 is 11.3 Å². The van der Waals surface area contributed by atoms with Gasteiger partial charge in [-0.3, -0.25) is 4.99 Å².